The lowest BCUT2D eigenvalue weighted by Gasteiger charge is -2.23. The third kappa shape index (κ3) is 2.31. The second-order valence-corrected chi connectivity index (χ2v) is 5.53. The van der Waals surface area contributed by atoms with Gasteiger partial charge in [-0.2, -0.15) is 0 Å². The van der Waals surface area contributed by atoms with Crippen molar-refractivity contribution in [1.82, 2.24) is 10.2 Å². The first kappa shape index (κ1) is 12.0. The molecule has 2 heterocycles. The maximum absolute atomic E-state index is 12.0. The molecule has 7 nitrogen and oxygen atoms in total. The van der Waals surface area contributed by atoms with Crippen molar-refractivity contribution < 1.29 is 23.7 Å². The molecular formula is C9H12N2O5S. The zero-order chi connectivity index (χ0) is 12.6. The fourth-order valence-corrected chi connectivity index (χ4v) is 3.38. The largest absolute Gasteiger partial charge is 0.480 e. The first-order chi connectivity index (χ1) is 7.99. The Kier molecular flexibility index (Phi) is 3.14. The Bertz CT molecular complexity index is 410. The highest BCUT2D eigenvalue weighted by atomic mass is 32.2. The molecule has 8 heteroatoms. The van der Waals surface area contributed by atoms with E-state index in [0.717, 1.165) is 4.90 Å². The number of amides is 2. The van der Waals surface area contributed by atoms with E-state index in [0.29, 0.717) is 6.42 Å². The second kappa shape index (κ2) is 4.44. The van der Waals surface area contributed by atoms with Gasteiger partial charge in [-0.3, -0.25) is 13.8 Å². The number of rotatable bonds is 2. The van der Waals surface area contributed by atoms with E-state index >= 15 is 0 Å². The molecule has 0 aromatic rings. The number of carboxylic acids is 1. The molecule has 2 saturated heterocycles. The molecule has 2 amide bonds. The summed E-state index contributed by atoms with van der Waals surface area (Å²) >= 11 is 0. The maximum Gasteiger partial charge on any atom is 0.327 e. The van der Waals surface area contributed by atoms with E-state index in [-0.39, 0.29) is 24.0 Å². The number of nitrogens with zero attached hydrogens (tertiary/aromatic N) is 1. The Labute approximate surface area is 99.6 Å². The van der Waals surface area contributed by atoms with Crippen molar-refractivity contribution in [2.24, 2.45) is 0 Å². The van der Waals surface area contributed by atoms with Crippen molar-refractivity contribution in [3.8, 4) is 0 Å². The van der Waals surface area contributed by atoms with Crippen LogP contribution in [-0.4, -0.2) is 55.7 Å². The average Bonchev–Trinajstić information content (AvgIpc) is 2.83. The van der Waals surface area contributed by atoms with Crippen LogP contribution < -0.4 is 5.32 Å². The van der Waals surface area contributed by atoms with Gasteiger partial charge in [0.2, 0.25) is 11.8 Å². The minimum Gasteiger partial charge on any atom is -0.480 e. The van der Waals surface area contributed by atoms with Crippen LogP contribution in [-0.2, 0) is 25.2 Å². The fraction of sp³-hybridized carbons (Fsp3) is 0.667. The van der Waals surface area contributed by atoms with Crippen LogP contribution >= 0.6 is 0 Å². The summed E-state index contributed by atoms with van der Waals surface area (Å²) in [5.74, 6) is -1.93. The fourth-order valence-electron chi connectivity index (χ4n) is 1.99. The van der Waals surface area contributed by atoms with Gasteiger partial charge in [-0.1, -0.05) is 0 Å². The number of carbonyl (C=O) groups is 3. The summed E-state index contributed by atoms with van der Waals surface area (Å²) in [5, 5.41) is 11.4. The monoisotopic (exact) mass is 260 g/mol. The molecule has 0 spiro atoms. The number of hydrogen-bond donors (Lipinski definition) is 2. The highest BCUT2D eigenvalue weighted by Crippen LogP contribution is 2.17. The lowest BCUT2D eigenvalue weighted by atomic mass is 10.2. The molecule has 2 aliphatic heterocycles. The number of hydrogen-bond acceptors (Lipinski definition) is 4. The Morgan fingerprint density at radius 1 is 1.47 bits per heavy atom. The minimum atomic E-state index is -1.32. The summed E-state index contributed by atoms with van der Waals surface area (Å²) in [6.45, 7) is 0. The molecule has 0 radical (unpaired) electrons. The lowest BCUT2D eigenvalue weighted by molar-refractivity contribution is -0.148. The smallest absolute Gasteiger partial charge is 0.327 e. The summed E-state index contributed by atoms with van der Waals surface area (Å²) in [7, 11) is -1.32. The molecule has 2 fully saturated rings. The van der Waals surface area contributed by atoms with Gasteiger partial charge in [-0.05, 0) is 6.42 Å². The predicted molar refractivity (Wildman–Crippen MR) is 57.3 cm³/mol. The maximum atomic E-state index is 12.0. The van der Waals surface area contributed by atoms with Crippen LogP contribution in [0.4, 0.5) is 0 Å². The van der Waals surface area contributed by atoms with Crippen molar-refractivity contribution in [1.29, 1.82) is 0 Å². The minimum absolute atomic E-state index is 0.0399. The number of aliphatic carboxylic acids is 1. The molecule has 94 valence electrons. The topological polar surface area (TPSA) is 104 Å². The summed E-state index contributed by atoms with van der Waals surface area (Å²) in [6, 6.07) is -1.71. The first-order valence-corrected chi connectivity index (χ1v) is 6.65. The number of nitrogens with one attached hydrogen (secondary N) is 1. The van der Waals surface area contributed by atoms with E-state index in [1.807, 2.05) is 0 Å². The van der Waals surface area contributed by atoms with E-state index in [4.69, 9.17) is 5.11 Å². The van der Waals surface area contributed by atoms with Gasteiger partial charge in [-0.25, -0.2) is 4.79 Å². The van der Waals surface area contributed by atoms with Crippen molar-refractivity contribution in [2.45, 2.75) is 24.9 Å². The zero-order valence-electron chi connectivity index (χ0n) is 8.92. The molecule has 0 aliphatic carbocycles. The Hall–Kier alpha value is -1.44. The molecule has 2 rings (SSSR count). The highest BCUT2D eigenvalue weighted by Gasteiger charge is 2.42. The van der Waals surface area contributed by atoms with E-state index in [9.17, 15) is 18.6 Å². The van der Waals surface area contributed by atoms with E-state index < -0.39 is 34.8 Å². The average molecular weight is 260 g/mol. The summed E-state index contributed by atoms with van der Waals surface area (Å²) in [4.78, 5) is 35.0. The van der Waals surface area contributed by atoms with Gasteiger partial charge < -0.3 is 15.3 Å². The Morgan fingerprint density at radius 3 is 2.71 bits per heavy atom. The van der Waals surface area contributed by atoms with Gasteiger partial charge in [0, 0.05) is 17.2 Å². The van der Waals surface area contributed by atoms with Gasteiger partial charge in [-0.15, -0.1) is 0 Å². The molecule has 2 aliphatic rings. The van der Waals surface area contributed by atoms with Crippen molar-refractivity contribution in [2.75, 3.05) is 11.6 Å². The summed E-state index contributed by atoms with van der Waals surface area (Å²) < 4.78 is 11.3. The van der Waals surface area contributed by atoms with Crippen molar-refractivity contribution in [3.63, 3.8) is 0 Å². The normalized spacial score (nSPS) is 32.6. The molecule has 0 bridgehead atoms. The summed E-state index contributed by atoms with van der Waals surface area (Å²) in [5.41, 5.74) is 0. The molecule has 0 saturated carbocycles. The van der Waals surface area contributed by atoms with Crippen LogP contribution in [0.5, 0.6) is 0 Å². The van der Waals surface area contributed by atoms with Crippen LogP contribution in [0.15, 0.2) is 0 Å². The van der Waals surface area contributed by atoms with Gasteiger partial charge in [0.25, 0.3) is 0 Å². The zero-order valence-corrected chi connectivity index (χ0v) is 9.74. The van der Waals surface area contributed by atoms with Crippen molar-refractivity contribution in [3.05, 3.63) is 0 Å². The molecule has 2 N–H and O–H groups in total. The predicted octanol–water partition coefficient (Wildman–Crippen LogP) is -1.73. The van der Waals surface area contributed by atoms with Gasteiger partial charge >= 0.3 is 5.97 Å². The Balaban J connectivity index is 2.10. The molecule has 17 heavy (non-hydrogen) atoms. The van der Waals surface area contributed by atoms with Crippen molar-refractivity contribution >= 4 is 28.6 Å². The molecule has 0 aromatic heterocycles. The molecule has 3 atom stereocenters. The lowest BCUT2D eigenvalue weighted by Crippen LogP contribution is -2.49. The number of carbonyl (C=O) groups excluding carboxylic acids is 2. The van der Waals surface area contributed by atoms with Crippen LogP contribution in [0.1, 0.15) is 12.8 Å². The third-order valence-corrected chi connectivity index (χ3v) is 4.12. The standard InChI is InChI=1S/C9H12N2O5S/c12-7-2-1-5(10-7)8(13)11-4-17(16)3-6(11)9(14)15/h5-6H,1-4H2,(H,10,12)(H,14,15)/t5-,6-,17?/m1/s1. The second-order valence-electron chi connectivity index (χ2n) is 4.06. The highest BCUT2D eigenvalue weighted by molar-refractivity contribution is 7.85. The molecular weight excluding hydrogens is 248 g/mol. The Morgan fingerprint density at radius 2 is 2.18 bits per heavy atom. The van der Waals surface area contributed by atoms with Gasteiger partial charge in [0.15, 0.2) is 0 Å². The molecule has 0 aromatic carbocycles. The van der Waals surface area contributed by atoms with Crippen LogP contribution in [0.2, 0.25) is 0 Å². The molecule has 1 unspecified atom stereocenters. The van der Waals surface area contributed by atoms with E-state index in [2.05, 4.69) is 5.32 Å². The van der Waals surface area contributed by atoms with Crippen LogP contribution in [0, 0.1) is 0 Å². The SMILES string of the molecule is O=C1CC[C@H](C(=O)N2CS(=O)C[C@@H]2C(=O)O)N1. The quantitative estimate of drug-likeness (QED) is 0.614. The van der Waals surface area contributed by atoms with E-state index in [1.54, 1.807) is 0 Å². The van der Waals surface area contributed by atoms with E-state index in [1.165, 1.54) is 0 Å². The number of carboxylic acid groups (broad SMARTS) is 1. The van der Waals surface area contributed by atoms with Gasteiger partial charge in [0.05, 0.1) is 11.6 Å². The van der Waals surface area contributed by atoms with Gasteiger partial charge in [0.1, 0.15) is 12.1 Å². The first-order valence-electron chi connectivity index (χ1n) is 5.16. The summed E-state index contributed by atoms with van der Waals surface area (Å²) in [6.07, 6.45) is 0.637. The third-order valence-electron chi connectivity index (χ3n) is 2.86. The van der Waals surface area contributed by atoms with Crippen LogP contribution in [0.3, 0.4) is 0 Å². The van der Waals surface area contributed by atoms with Crippen LogP contribution in [0.25, 0.3) is 0 Å².